The number of unbranched alkanes of at least 4 members (excludes halogenated alkanes) is 1. The molecular weight excluding hydrogens is 1120 g/mol. The molecule has 4 rings (SSSR count). The maximum absolute atomic E-state index is 14.2. The van der Waals surface area contributed by atoms with Gasteiger partial charge in [-0.2, -0.15) is 0 Å². The number of carbonyl (C=O) groups excluding carboxylic acids is 12. The molecule has 34 nitrogen and oxygen atoms in total. The highest BCUT2D eigenvalue weighted by atomic mass is 16.5. The number of carboxylic acid groups (broad SMARTS) is 1. The number of hydroxylamine groups is 4. The number of pyridine rings is 1. The van der Waals surface area contributed by atoms with Crippen molar-refractivity contribution >= 4 is 100 Å². The molecule has 2 aliphatic rings. The summed E-state index contributed by atoms with van der Waals surface area (Å²) < 4.78 is 1.34. The monoisotopic (exact) mass is 1190 g/mol. The predicted molar refractivity (Wildman–Crippen MR) is 286 cm³/mol. The lowest BCUT2D eigenvalue weighted by Gasteiger charge is -2.27. The van der Waals surface area contributed by atoms with Gasteiger partial charge in [0, 0.05) is 50.3 Å². The number of phenolic OH excluding ortho intramolecular Hbond substituents is 2. The van der Waals surface area contributed by atoms with Crippen molar-refractivity contribution in [2.45, 2.75) is 126 Å². The van der Waals surface area contributed by atoms with E-state index < -0.39 is 151 Å². The Balaban J connectivity index is 1.51. The van der Waals surface area contributed by atoms with E-state index in [-0.39, 0.29) is 137 Å². The summed E-state index contributed by atoms with van der Waals surface area (Å²) in [6.45, 7) is -2.96. The number of benzene rings is 1. The predicted octanol–water partition coefficient (Wildman–Crippen LogP) is -6.04. The summed E-state index contributed by atoms with van der Waals surface area (Å²) in [5.41, 5.74) is 5.83. The van der Waals surface area contributed by atoms with E-state index in [1.807, 2.05) is 0 Å². The van der Waals surface area contributed by atoms with Gasteiger partial charge in [-0.15, -0.1) is 0 Å². The Hall–Kier alpha value is -8.86. The van der Waals surface area contributed by atoms with Crippen molar-refractivity contribution in [1.82, 2.24) is 52.7 Å². The molecular formula is C50H73N14O20+. The van der Waals surface area contributed by atoms with Crippen LogP contribution >= 0.6 is 0 Å². The van der Waals surface area contributed by atoms with Crippen molar-refractivity contribution in [2.24, 2.45) is 5.73 Å². The first kappa shape index (κ1) is 67.6. The van der Waals surface area contributed by atoms with Gasteiger partial charge >= 0.3 is 5.97 Å². The van der Waals surface area contributed by atoms with Crippen LogP contribution in [0.15, 0.2) is 18.2 Å². The number of Topliss-reactive ketones (excluding diaryl/α,β-unsaturated/α-hetero) is 1. The van der Waals surface area contributed by atoms with Crippen molar-refractivity contribution < 1.29 is 103 Å². The Morgan fingerprint density at radius 1 is 0.714 bits per heavy atom. The highest BCUT2D eigenvalue weighted by Gasteiger charge is 2.39. The molecule has 462 valence electrons. The minimum absolute atomic E-state index is 0.000151. The number of ketones is 1. The summed E-state index contributed by atoms with van der Waals surface area (Å²) in [7, 11) is 0. The van der Waals surface area contributed by atoms with Crippen LogP contribution in [0.2, 0.25) is 0 Å². The Labute approximate surface area is 478 Å². The molecule has 3 heterocycles. The topological polar surface area (TPSA) is 520 Å². The molecule has 0 radical (unpaired) electrons. The summed E-state index contributed by atoms with van der Waals surface area (Å²) in [5, 5.41) is 95.4. The van der Waals surface area contributed by atoms with Gasteiger partial charge in [0.05, 0.1) is 26.3 Å². The van der Waals surface area contributed by atoms with Gasteiger partial charge in [0.2, 0.25) is 65.9 Å². The highest BCUT2D eigenvalue weighted by molar-refractivity contribution is 6.33. The number of anilines is 2. The normalized spacial score (nSPS) is 18.2. The van der Waals surface area contributed by atoms with Crippen molar-refractivity contribution in [2.75, 3.05) is 63.1 Å². The van der Waals surface area contributed by atoms with Gasteiger partial charge in [-0.05, 0) is 82.9 Å². The van der Waals surface area contributed by atoms with E-state index in [0.29, 0.717) is 11.5 Å². The van der Waals surface area contributed by atoms with E-state index in [1.165, 1.54) is 10.6 Å². The summed E-state index contributed by atoms with van der Waals surface area (Å²) in [4.78, 5) is 167. The summed E-state index contributed by atoms with van der Waals surface area (Å²) in [6.07, 6.45) is -0.721. The van der Waals surface area contributed by atoms with Crippen LogP contribution in [0.25, 0.3) is 10.9 Å². The third kappa shape index (κ3) is 20.5. The van der Waals surface area contributed by atoms with E-state index >= 15 is 0 Å². The Bertz CT molecular complexity index is 2740. The molecule has 0 saturated carbocycles. The average Bonchev–Trinajstić information content (AvgIpc) is 1.54. The lowest BCUT2D eigenvalue weighted by atomic mass is 10.0. The van der Waals surface area contributed by atoms with Gasteiger partial charge in [-0.1, -0.05) is 0 Å². The zero-order valence-electron chi connectivity index (χ0n) is 45.6. The summed E-state index contributed by atoms with van der Waals surface area (Å²) in [6, 6.07) is -6.53. The van der Waals surface area contributed by atoms with Crippen LogP contribution < -0.4 is 63.5 Å². The van der Waals surface area contributed by atoms with E-state index in [1.54, 1.807) is 0 Å². The molecule has 2 aromatic rings. The molecule has 84 heavy (non-hydrogen) atoms. The van der Waals surface area contributed by atoms with E-state index in [4.69, 9.17) is 10.8 Å². The molecule has 0 aliphatic carbocycles. The lowest BCUT2D eigenvalue weighted by molar-refractivity contribution is -0.674. The number of carbonyl (C=O) groups is 13. The molecule has 19 N–H and O–H groups in total. The summed E-state index contributed by atoms with van der Waals surface area (Å²) >= 11 is 0. The maximum atomic E-state index is 14.2. The lowest BCUT2D eigenvalue weighted by Crippen LogP contribution is -2.60. The number of nitrogens with zero attached hydrogens (tertiary/aromatic N) is 3. The molecule has 1 fully saturated rings. The average molecular weight is 1190 g/mol. The van der Waals surface area contributed by atoms with Crippen molar-refractivity contribution in [1.29, 1.82) is 0 Å². The van der Waals surface area contributed by atoms with Crippen molar-refractivity contribution in [3.05, 3.63) is 18.2 Å². The van der Waals surface area contributed by atoms with Gasteiger partial charge in [0.15, 0.2) is 17.5 Å². The second-order valence-electron chi connectivity index (χ2n) is 19.6. The number of phenols is 2. The zero-order chi connectivity index (χ0) is 62.0. The Morgan fingerprint density at radius 2 is 1.38 bits per heavy atom. The largest absolute Gasteiger partial charge is 0.504 e. The van der Waals surface area contributed by atoms with E-state index in [2.05, 4.69) is 53.2 Å². The SMILES string of the molecule is NCCCCC(NC(=O)C(CO)NC(=O)C1CCNc2c(NC(=O)CCC(=O)C(=O)O)cc3cc(O)c(O)cc3[n+]21)C(=O)NCC(=O)NC(CCCN(O)C=O)C(=O)NC1CCCCNC(=O)C(CO)NC(=O)C(CCCN(O)C=O)NC1=O. The smallest absolute Gasteiger partial charge is 0.372 e. The molecule has 1 aromatic heterocycles. The second-order valence-corrected chi connectivity index (χ2v) is 19.6. The first-order valence-corrected chi connectivity index (χ1v) is 26.9. The molecule has 7 atom stereocenters. The summed E-state index contributed by atoms with van der Waals surface area (Å²) in [5.74, 6) is -12.2. The number of hydrogen-bond donors (Lipinski definition) is 18. The molecule has 1 saturated heterocycles. The van der Waals surface area contributed by atoms with Gasteiger partial charge in [-0.3, -0.25) is 73.3 Å². The fraction of sp³-hybridized carbons (Fsp3) is 0.560. The number of aliphatic carboxylic acids is 1. The molecule has 2 aliphatic heterocycles. The van der Waals surface area contributed by atoms with Crippen LogP contribution in [0.5, 0.6) is 11.5 Å². The number of amides is 11. The van der Waals surface area contributed by atoms with Crippen LogP contribution in [0.3, 0.4) is 0 Å². The molecule has 7 unspecified atom stereocenters. The maximum Gasteiger partial charge on any atom is 0.372 e. The van der Waals surface area contributed by atoms with Crippen molar-refractivity contribution in [3.63, 3.8) is 0 Å². The fourth-order valence-corrected chi connectivity index (χ4v) is 8.91. The highest BCUT2D eigenvalue weighted by Crippen LogP contribution is 2.35. The molecule has 11 amide bonds. The number of aromatic hydroxyl groups is 2. The Kier molecular flexibility index (Phi) is 27.3. The van der Waals surface area contributed by atoms with Crippen LogP contribution in [-0.4, -0.2) is 213 Å². The standard InChI is InChI=1S/C50H72N14O20/c51-14-3-1-7-28(57-48(79)34(24-66)61-49(80)35-13-16-52-42-32(56-40(72)12-11-37(69)50(81)82)19-27-20-38(70)39(71)21-36(27)64(35)42)43(74)54-22-41(73)55-29(9-5-17-62(83)25-67)45(76)58-30-8-2-4-15-53-44(75)33(23-65)60-47(78)31(59-46(30)77)10-6-18-63(84)26-68/h19-21,25-26,28-31,33-35,65-66,83-84H,1-18,22-24,51H2,(H12,52,53,54,55,56,57,58,59,60,61,70,71,72,73,74,75,76,77,78,79,80,81,82)/p+1. The zero-order valence-corrected chi connectivity index (χ0v) is 45.6. The minimum Gasteiger partial charge on any atom is -0.504 e. The van der Waals surface area contributed by atoms with Crippen LogP contribution in [-0.2, 0) is 62.3 Å². The second kappa shape index (κ2) is 33.9. The number of carboxylic acids is 1. The Morgan fingerprint density at radius 3 is 2.05 bits per heavy atom. The van der Waals surface area contributed by atoms with Gasteiger partial charge < -0.3 is 79.1 Å². The number of aliphatic hydroxyl groups is 2. The number of fused-ring (bicyclic) bond motifs is 3. The number of aliphatic hydroxyl groups excluding tert-OH is 2. The van der Waals surface area contributed by atoms with E-state index in [9.17, 15) is 93.2 Å². The number of aromatic nitrogens is 1. The molecule has 1 aromatic carbocycles. The quantitative estimate of drug-likeness (QED) is 0.00635. The molecule has 0 bridgehead atoms. The van der Waals surface area contributed by atoms with Gasteiger partial charge in [-0.25, -0.2) is 19.5 Å². The first-order valence-electron chi connectivity index (χ1n) is 26.9. The molecule has 34 heteroatoms. The number of rotatable bonds is 31. The molecule has 0 spiro atoms. The number of nitrogens with two attached hydrogens (primary N) is 1. The van der Waals surface area contributed by atoms with Crippen LogP contribution in [0, 0.1) is 0 Å². The van der Waals surface area contributed by atoms with E-state index in [0.717, 1.165) is 12.1 Å². The first-order chi connectivity index (χ1) is 40.0. The number of hydrogen-bond acceptors (Lipinski definition) is 21. The number of nitrogens with one attached hydrogen (secondary N) is 10. The third-order valence-corrected chi connectivity index (χ3v) is 13.4. The fourth-order valence-electron chi connectivity index (χ4n) is 8.91. The van der Waals surface area contributed by atoms with Gasteiger partial charge in [0.25, 0.3) is 11.7 Å². The minimum atomic E-state index is -1.74. The van der Waals surface area contributed by atoms with Crippen molar-refractivity contribution in [3.8, 4) is 11.5 Å². The van der Waals surface area contributed by atoms with Crippen LogP contribution in [0.4, 0.5) is 11.5 Å². The van der Waals surface area contributed by atoms with Crippen LogP contribution in [0.1, 0.15) is 89.5 Å². The third-order valence-electron chi connectivity index (χ3n) is 13.4. The van der Waals surface area contributed by atoms with Gasteiger partial charge in [0.1, 0.15) is 47.5 Å².